The smallest absolute Gasteiger partial charge is 0.358 e. The lowest BCUT2D eigenvalue weighted by Crippen LogP contribution is -2.19. The van der Waals surface area contributed by atoms with Crippen LogP contribution < -0.4 is 5.32 Å². The van der Waals surface area contributed by atoms with Crippen molar-refractivity contribution in [2.45, 2.75) is 6.54 Å². The van der Waals surface area contributed by atoms with E-state index in [0.29, 0.717) is 0 Å². The van der Waals surface area contributed by atoms with Crippen LogP contribution in [0.25, 0.3) is 0 Å². The molecule has 0 aliphatic heterocycles. The van der Waals surface area contributed by atoms with Crippen LogP contribution in [0.2, 0.25) is 5.02 Å². The summed E-state index contributed by atoms with van der Waals surface area (Å²) in [6, 6.07) is 3.78. The molecule has 0 radical (unpaired) electrons. The lowest BCUT2D eigenvalue weighted by Gasteiger charge is -2.05. The van der Waals surface area contributed by atoms with Gasteiger partial charge in [-0.2, -0.15) is 4.68 Å². The molecule has 0 atom stereocenters. The first kappa shape index (κ1) is 16.8. The Hall–Kier alpha value is -2.53. The summed E-state index contributed by atoms with van der Waals surface area (Å²) in [7, 11) is 0. The number of benzene rings is 1. The summed E-state index contributed by atoms with van der Waals surface area (Å²) in [5.74, 6) is -1.07. The number of hydrogen-bond donors (Lipinski definition) is 1. The van der Waals surface area contributed by atoms with Crippen molar-refractivity contribution in [1.29, 1.82) is 0 Å². The van der Waals surface area contributed by atoms with E-state index in [0.717, 1.165) is 10.7 Å². The fraction of sp³-hybridized carbons (Fsp3) is 0.0909. The van der Waals surface area contributed by atoms with Crippen LogP contribution in [-0.4, -0.2) is 25.5 Å². The predicted molar refractivity (Wildman–Crippen MR) is 83.3 cm³/mol. The number of carbonyl (C=O) groups excluding carboxylic acids is 1. The standard InChI is InChI=1S/C11H7BrClN5O5/c12-7-4-16(15-11(7)18(22)23)5-10(19)14-8-2-1-6(13)3-9(8)17(20)21/h1-4H,5H2,(H,14,19). The van der Waals surface area contributed by atoms with Crippen molar-refractivity contribution in [3.63, 3.8) is 0 Å². The highest BCUT2D eigenvalue weighted by atomic mass is 79.9. The summed E-state index contributed by atoms with van der Waals surface area (Å²) in [6.45, 7) is -0.355. The lowest BCUT2D eigenvalue weighted by molar-refractivity contribution is -0.390. The summed E-state index contributed by atoms with van der Waals surface area (Å²) < 4.78 is 1.16. The van der Waals surface area contributed by atoms with Crippen molar-refractivity contribution < 1.29 is 14.6 Å². The van der Waals surface area contributed by atoms with E-state index in [1.54, 1.807) is 0 Å². The zero-order chi connectivity index (χ0) is 17.1. The predicted octanol–water partition coefficient (Wildman–Crippen LogP) is 2.75. The number of nitrogens with one attached hydrogen (secondary N) is 1. The van der Waals surface area contributed by atoms with Gasteiger partial charge in [0.1, 0.15) is 16.7 Å². The van der Waals surface area contributed by atoms with Gasteiger partial charge in [0.25, 0.3) is 5.69 Å². The van der Waals surface area contributed by atoms with Gasteiger partial charge in [0.05, 0.1) is 16.2 Å². The largest absolute Gasteiger partial charge is 0.404 e. The second-order valence-electron chi connectivity index (χ2n) is 4.22. The van der Waals surface area contributed by atoms with E-state index in [4.69, 9.17) is 11.6 Å². The van der Waals surface area contributed by atoms with Crippen LogP contribution in [0.4, 0.5) is 17.2 Å². The van der Waals surface area contributed by atoms with E-state index >= 15 is 0 Å². The van der Waals surface area contributed by atoms with Crippen LogP contribution in [0.1, 0.15) is 0 Å². The molecule has 2 rings (SSSR count). The van der Waals surface area contributed by atoms with E-state index in [1.165, 1.54) is 18.3 Å². The molecule has 2 aromatic rings. The molecule has 10 nitrogen and oxygen atoms in total. The number of amides is 1. The number of halogens is 2. The maximum absolute atomic E-state index is 11.9. The molecule has 1 amide bonds. The van der Waals surface area contributed by atoms with E-state index in [2.05, 4.69) is 26.3 Å². The van der Waals surface area contributed by atoms with Gasteiger partial charge in [-0.05, 0) is 33.0 Å². The first-order chi connectivity index (χ1) is 10.8. The van der Waals surface area contributed by atoms with Crippen molar-refractivity contribution in [1.82, 2.24) is 9.78 Å². The van der Waals surface area contributed by atoms with Crippen LogP contribution in [-0.2, 0) is 11.3 Å². The molecule has 0 unspecified atom stereocenters. The summed E-state index contributed by atoms with van der Waals surface area (Å²) in [5, 5.41) is 27.7. The van der Waals surface area contributed by atoms with E-state index in [9.17, 15) is 25.0 Å². The van der Waals surface area contributed by atoms with Gasteiger partial charge in [0.2, 0.25) is 5.91 Å². The minimum absolute atomic E-state index is 0.0369. The van der Waals surface area contributed by atoms with Crippen LogP contribution in [0.3, 0.4) is 0 Å². The molecule has 0 fully saturated rings. The molecule has 23 heavy (non-hydrogen) atoms. The molecule has 1 N–H and O–H groups in total. The molecule has 1 aromatic carbocycles. The molecule has 12 heteroatoms. The Morgan fingerprint density at radius 2 is 2.04 bits per heavy atom. The third-order valence-corrected chi connectivity index (χ3v) is 3.40. The first-order valence-corrected chi connectivity index (χ1v) is 7.06. The highest BCUT2D eigenvalue weighted by Crippen LogP contribution is 2.28. The van der Waals surface area contributed by atoms with E-state index in [1.807, 2.05) is 0 Å². The zero-order valence-corrected chi connectivity index (χ0v) is 13.4. The lowest BCUT2D eigenvalue weighted by atomic mass is 10.2. The second-order valence-corrected chi connectivity index (χ2v) is 5.51. The van der Waals surface area contributed by atoms with Crippen molar-refractivity contribution >= 4 is 50.6 Å². The summed E-state index contributed by atoms with van der Waals surface area (Å²) in [6.07, 6.45) is 1.26. The van der Waals surface area contributed by atoms with Crippen molar-refractivity contribution in [2.75, 3.05) is 5.32 Å². The van der Waals surface area contributed by atoms with Crippen molar-refractivity contribution in [3.05, 3.63) is 54.1 Å². The number of nitro groups is 2. The van der Waals surface area contributed by atoms with Crippen LogP contribution in [0.5, 0.6) is 0 Å². The number of nitrogens with zero attached hydrogens (tertiary/aromatic N) is 4. The molecule has 120 valence electrons. The molecule has 1 aromatic heterocycles. The highest BCUT2D eigenvalue weighted by Gasteiger charge is 2.21. The molecule has 0 aliphatic rings. The van der Waals surface area contributed by atoms with Gasteiger partial charge in [0, 0.05) is 11.1 Å². The first-order valence-electron chi connectivity index (χ1n) is 5.89. The fourth-order valence-electron chi connectivity index (χ4n) is 1.69. The van der Waals surface area contributed by atoms with E-state index in [-0.39, 0.29) is 27.4 Å². The Bertz CT molecular complexity index is 808. The molecule has 1 heterocycles. The monoisotopic (exact) mass is 403 g/mol. The van der Waals surface area contributed by atoms with Crippen LogP contribution in [0, 0.1) is 20.2 Å². The van der Waals surface area contributed by atoms with Gasteiger partial charge in [-0.3, -0.25) is 14.9 Å². The molecular formula is C11H7BrClN5O5. The second kappa shape index (κ2) is 6.71. The molecule has 0 saturated heterocycles. The van der Waals surface area contributed by atoms with Crippen molar-refractivity contribution in [2.24, 2.45) is 0 Å². The van der Waals surface area contributed by atoms with Gasteiger partial charge >= 0.3 is 5.82 Å². The molecule has 0 saturated carbocycles. The number of carbonyl (C=O) groups is 1. The van der Waals surface area contributed by atoms with Gasteiger partial charge < -0.3 is 15.4 Å². The van der Waals surface area contributed by atoms with Gasteiger partial charge in [0.15, 0.2) is 0 Å². The number of hydrogen-bond acceptors (Lipinski definition) is 6. The van der Waals surface area contributed by atoms with Crippen molar-refractivity contribution in [3.8, 4) is 0 Å². The number of anilines is 1. The average molecular weight is 405 g/mol. The Morgan fingerprint density at radius 1 is 1.35 bits per heavy atom. The summed E-state index contributed by atoms with van der Waals surface area (Å²) >= 11 is 8.63. The van der Waals surface area contributed by atoms with Gasteiger partial charge in [-0.1, -0.05) is 11.6 Å². The molecule has 0 spiro atoms. The number of rotatable bonds is 5. The maximum atomic E-state index is 11.9. The SMILES string of the molecule is O=C(Cn1cc(Br)c([N+](=O)[O-])n1)Nc1ccc(Cl)cc1[N+](=O)[O-]. The fourth-order valence-corrected chi connectivity index (χ4v) is 2.32. The van der Waals surface area contributed by atoms with Gasteiger partial charge in [-0.15, -0.1) is 0 Å². The average Bonchev–Trinajstić information content (AvgIpc) is 2.81. The Morgan fingerprint density at radius 3 is 2.61 bits per heavy atom. The molecule has 0 bridgehead atoms. The third kappa shape index (κ3) is 4.02. The topological polar surface area (TPSA) is 133 Å². The quantitative estimate of drug-likeness (QED) is 0.601. The normalized spacial score (nSPS) is 10.3. The van der Waals surface area contributed by atoms with Crippen LogP contribution in [0.15, 0.2) is 28.9 Å². The number of nitro benzene ring substituents is 1. The third-order valence-electron chi connectivity index (χ3n) is 2.61. The minimum atomic E-state index is -0.706. The summed E-state index contributed by atoms with van der Waals surface area (Å²) in [5.41, 5.74) is -0.399. The summed E-state index contributed by atoms with van der Waals surface area (Å²) in [4.78, 5) is 32.1. The Kier molecular flexibility index (Phi) is 4.91. The minimum Gasteiger partial charge on any atom is -0.358 e. The van der Waals surface area contributed by atoms with Gasteiger partial charge in [-0.25, -0.2) is 0 Å². The Balaban J connectivity index is 2.16. The zero-order valence-electron chi connectivity index (χ0n) is 11.1. The molecular weight excluding hydrogens is 398 g/mol. The van der Waals surface area contributed by atoms with Crippen LogP contribution >= 0.6 is 27.5 Å². The number of aromatic nitrogens is 2. The Labute approximate surface area is 141 Å². The highest BCUT2D eigenvalue weighted by molar-refractivity contribution is 9.10. The maximum Gasteiger partial charge on any atom is 0.404 e. The molecule has 0 aliphatic carbocycles. The van der Waals surface area contributed by atoms with E-state index < -0.39 is 21.6 Å².